The zero-order valence-corrected chi connectivity index (χ0v) is 16.0. The highest BCUT2D eigenvalue weighted by atomic mass is 32.2. The molecule has 1 atom stereocenters. The molecule has 0 aliphatic heterocycles. The second kappa shape index (κ2) is 6.83. The van der Waals surface area contributed by atoms with Crippen molar-refractivity contribution >= 4 is 30.6 Å². The van der Waals surface area contributed by atoms with E-state index in [0.29, 0.717) is 5.56 Å². The Bertz CT molecular complexity index is 1150. The molecule has 3 rings (SSSR count). The number of hydrogen-bond donors (Lipinski definition) is 1. The highest BCUT2D eigenvalue weighted by Crippen LogP contribution is 2.22. The minimum absolute atomic E-state index is 0.191. The van der Waals surface area contributed by atoms with Crippen LogP contribution in [0.2, 0.25) is 0 Å². The maximum absolute atomic E-state index is 12.7. The zero-order valence-electron chi connectivity index (χ0n) is 14.4. The van der Waals surface area contributed by atoms with Crippen molar-refractivity contribution in [3.8, 4) is 0 Å². The number of fused-ring (bicyclic) bond motifs is 1. The van der Waals surface area contributed by atoms with Crippen LogP contribution in [0.25, 0.3) is 10.8 Å². The highest BCUT2D eigenvalue weighted by Gasteiger charge is 2.19. The molecule has 1 unspecified atom stereocenters. The lowest BCUT2D eigenvalue weighted by Crippen LogP contribution is -2.26. The van der Waals surface area contributed by atoms with Crippen LogP contribution in [0.3, 0.4) is 0 Å². The van der Waals surface area contributed by atoms with Crippen LogP contribution in [-0.4, -0.2) is 23.1 Å². The van der Waals surface area contributed by atoms with Gasteiger partial charge in [-0.1, -0.05) is 42.5 Å². The Morgan fingerprint density at radius 1 is 0.769 bits per heavy atom. The summed E-state index contributed by atoms with van der Waals surface area (Å²) in [6.45, 7) is 1.72. The molecule has 0 spiro atoms. The van der Waals surface area contributed by atoms with Gasteiger partial charge in [0.25, 0.3) is 0 Å². The van der Waals surface area contributed by atoms with E-state index >= 15 is 0 Å². The molecule has 5 nitrogen and oxygen atoms in total. The Morgan fingerprint density at radius 3 is 1.96 bits per heavy atom. The van der Waals surface area contributed by atoms with E-state index in [4.69, 9.17) is 0 Å². The topological polar surface area (TPSA) is 80.3 Å². The molecule has 0 radical (unpaired) electrons. The minimum Gasteiger partial charge on any atom is -0.224 e. The molecule has 7 heteroatoms. The van der Waals surface area contributed by atoms with Crippen molar-refractivity contribution in [3.05, 3.63) is 72.3 Å². The van der Waals surface area contributed by atoms with Crippen molar-refractivity contribution < 1.29 is 16.8 Å². The van der Waals surface area contributed by atoms with Gasteiger partial charge in [-0.15, -0.1) is 0 Å². The van der Waals surface area contributed by atoms with E-state index in [9.17, 15) is 16.8 Å². The van der Waals surface area contributed by atoms with Crippen LogP contribution in [-0.2, 0) is 19.9 Å². The van der Waals surface area contributed by atoms with Gasteiger partial charge in [-0.05, 0) is 47.5 Å². The van der Waals surface area contributed by atoms with Gasteiger partial charge in [-0.25, -0.2) is 21.6 Å². The lowest BCUT2D eigenvalue weighted by molar-refractivity contribution is 0.566. The van der Waals surface area contributed by atoms with Crippen LogP contribution in [0.1, 0.15) is 18.5 Å². The van der Waals surface area contributed by atoms with E-state index in [0.717, 1.165) is 17.0 Å². The second-order valence-corrected chi connectivity index (χ2v) is 9.92. The van der Waals surface area contributed by atoms with Crippen molar-refractivity contribution in [2.75, 3.05) is 6.26 Å². The van der Waals surface area contributed by atoms with Crippen LogP contribution < -0.4 is 4.72 Å². The summed E-state index contributed by atoms with van der Waals surface area (Å²) >= 11 is 0. The molecule has 0 saturated heterocycles. The summed E-state index contributed by atoms with van der Waals surface area (Å²) in [4.78, 5) is 0.390. The molecule has 3 aromatic carbocycles. The summed E-state index contributed by atoms with van der Waals surface area (Å²) in [5, 5.41) is 1.82. The fourth-order valence-electron chi connectivity index (χ4n) is 2.71. The van der Waals surface area contributed by atoms with Gasteiger partial charge in [-0.2, -0.15) is 0 Å². The second-order valence-electron chi connectivity index (χ2n) is 6.19. The van der Waals surface area contributed by atoms with Crippen LogP contribution in [0.5, 0.6) is 0 Å². The van der Waals surface area contributed by atoms with E-state index in [1.165, 1.54) is 12.1 Å². The molecule has 0 aliphatic carbocycles. The van der Waals surface area contributed by atoms with Gasteiger partial charge in [0.2, 0.25) is 10.0 Å². The largest absolute Gasteiger partial charge is 0.241 e. The molecular weight excluding hydrogens is 370 g/mol. The zero-order chi connectivity index (χ0) is 18.9. The quantitative estimate of drug-likeness (QED) is 0.726. The van der Waals surface area contributed by atoms with Crippen molar-refractivity contribution in [3.63, 3.8) is 0 Å². The van der Waals surface area contributed by atoms with Gasteiger partial charge >= 0.3 is 0 Å². The number of nitrogens with one attached hydrogen (secondary N) is 1. The third-order valence-corrected chi connectivity index (χ3v) is 6.84. The van der Waals surface area contributed by atoms with Gasteiger partial charge < -0.3 is 0 Å². The molecule has 0 fully saturated rings. The van der Waals surface area contributed by atoms with E-state index < -0.39 is 25.9 Å². The number of benzene rings is 3. The third-order valence-electron chi connectivity index (χ3n) is 4.17. The predicted octanol–water partition coefficient (Wildman–Crippen LogP) is 3.28. The summed E-state index contributed by atoms with van der Waals surface area (Å²) in [5.74, 6) is 0. The van der Waals surface area contributed by atoms with E-state index in [1.807, 2.05) is 24.3 Å². The fourth-order valence-corrected chi connectivity index (χ4v) is 4.60. The third kappa shape index (κ3) is 3.95. The number of sulfone groups is 1. The summed E-state index contributed by atoms with van der Waals surface area (Å²) < 4.78 is 51.0. The Balaban J connectivity index is 1.85. The van der Waals surface area contributed by atoms with Gasteiger partial charge in [0.15, 0.2) is 9.84 Å². The lowest BCUT2D eigenvalue weighted by atomic mass is 10.1. The molecule has 0 bridgehead atoms. The number of sulfonamides is 1. The van der Waals surface area contributed by atoms with Crippen molar-refractivity contribution in [2.45, 2.75) is 22.8 Å². The predicted molar refractivity (Wildman–Crippen MR) is 102 cm³/mol. The summed E-state index contributed by atoms with van der Waals surface area (Å²) in [6.07, 6.45) is 1.13. The molecule has 26 heavy (non-hydrogen) atoms. The smallest absolute Gasteiger partial charge is 0.224 e. The van der Waals surface area contributed by atoms with Gasteiger partial charge in [-0.3, -0.25) is 0 Å². The molecule has 0 aromatic heterocycles. The average Bonchev–Trinajstić information content (AvgIpc) is 2.60. The van der Waals surface area contributed by atoms with Gasteiger partial charge in [0.05, 0.1) is 9.79 Å². The van der Waals surface area contributed by atoms with Crippen LogP contribution >= 0.6 is 0 Å². The monoisotopic (exact) mass is 389 g/mol. The fraction of sp³-hybridized carbons (Fsp3) is 0.158. The van der Waals surface area contributed by atoms with Gasteiger partial charge in [0, 0.05) is 12.3 Å². The molecule has 0 amide bonds. The Kier molecular flexibility index (Phi) is 4.88. The first-order chi connectivity index (χ1) is 12.2. The SMILES string of the molecule is CC(NS(=O)(=O)c1ccc2ccccc2c1)c1ccc(S(C)(=O)=O)cc1. The summed E-state index contributed by atoms with van der Waals surface area (Å²) in [5.41, 5.74) is 0.682. The van der Waals surface area contributed by atoms with Crippen molar-refractivity contribution in [2.24, 2.45) is 0 Å². The molecule has 0 saturated carbocycles. The maximum atomic E-state index is 12.7. The highest BCUT2D eigenvalue weighted by molar-refractivity contribution is 7.90. The molecular formula is C19H19NO4S2. The van der Waals surface area contributed by atoms with E-state index in [2.05, 4.69) is 4.72 Å². The van der Waals surface area contributed by atoms with Crippen molar-refractivity contribution in [1.82, 2.24) is 4.72 Å². The molecule has 136 valence electrons. The van der Waals surface area contributed by atoms with Crippen molar-refractivity contribution in [1.29, 1.82) is 0 Å². The van der Waals surface area contributed by atoms with E-state index in [1.54, 1.807) is 37.3 Å². The molecule has 1 N–H and O–H groups in total. The normalized spacial score (nSPS) is 13.6. The van der Waals surface area contributed by atoms with Gasteiger partial charge in [0.1, 0.15) is 0 Å². The summed E-state index contributed by atoms with van der Waals surface area (Å²) in [6, 6.07) is 18.2. The van der Waals surface area contributed by atoms with E-state index in [-0.39, 0.29) is 9.79 Å². The Morgan fingerprint density at radius 2 is 1.35 bits per heavy atom. The minimum atomic E-state index is -3.71. The number of rotatable bonds is 5. The Labute approximate surface area is 153 Å². The number of hydrogen-bond acceptors (Lipinski definition) is 4. The molecule has 0 heterocycles. The molecule has 0 aliphatic rings. The first kappa shape index (κ1) is 18.6. The Hall–Kier alpha value is -2.22. The molecule has 3 aromatic rings. The standard InChI is InChI=1S/C19H19NO4S2/c1-14(15-7-10-18(11-8-15)25(2,21)22)20-26(23,24)19-12-9-16-5-3-4-6-17(16)13-19/h3-14,20H,1-2H3. The lowest BCUT2D eigenvalue weighted by Gasteiger charge is -2.15. The van der Waals surface area contributed by atoms with Crippen LogP contribution in [0.15, 0.2) is 76.5 Å². The maximum Gasteiger partial charge on any atom is 0.241 e. The first-order valence-electron chi connectivity index (χ1n) is 7.98. The van der Waals surface area contributed by atoms with Crippen LogP contribution in [0, 0.1) is 0 Å². The van der Waals surface area contributed by atoms with Crippen LogP contribution in [0.4, 0.5) is 0 Å². The average molecular weight is 389 g/mol. The summed E-state index contributed by atoms with van der Waals surface area (Å²) in [7, 11) is -6.99. The first-order valence-corrected chi connectivity index (χ1v) is 11.4.